The van der Waals surface area contributed by atoms with E-state index in [9.17, 15) is 9.59 Å². The van der Waals surface area contributed by atoms with Crippen molar-refractivity contribution in [2.45, 2.75) is 33.2 Å². The number of aryl methyl sites for hydroxylation is 1. The number of nitrogens with zero attached hydrogens (tertiary/aromatic N) is 2. The van der Waals surface area contributed by atoms with Crippen LogP contribution >= 0.6 is 0 Å². The molecule has 8 nitrogen and oxygen atoms in total. The zero-order chi connectivity index (χ0) is 22.5. The van der Waals surface area contributed by atoms with E-state index in [1.807, 2.05) is 35.1 Å². The number of ether oxygens (including phenoxy) is 3. The highest BCUT2D eigenvalue weighted by Gasteiger charge is 2.11. The van der Waals surface area contributed by atoms with Gasteiger partial charge in [0, 0.05) is 18.3 Å². The van der Waals surface area contributed by atoms with Crippen LogP contribution < -0.4 is 5.32 Å². The molecule has 8 heteroatoms. The van der Waals surface area contributed by atoms with Gasteiger partial charge in [-0.3, -0.25) is 14.3 Å². The molecular formula is C23H33N3O5. The topological polar surface area (TPSA) is 91.7 Å². The van der Waals surface area contributed by atoms with Crippen LogP contribution in [0, 0.1) is 0 Å². The Morgan fingerprint density at radius 3 is 2.29 bits per heavy atom. The Labute approximate surface area is 183 Å². The van der Waals surface area contributed by atoms with Crippen molar-refractivity contribution in [2.75, 3.05) is 46.2 Å². The van der Waals surface area contributed by atoms with Gasteiger partial charge in [-0.05, 0) is 43.5 Å². The molecular weight excluding hydrogens is 398 g/mol. The molecule has 170 valence electrons. The van der Waals surface area contributed by atoms with Crippen LogP contribution in [0.15, 0.2) is 36.7 Å². The van der Waals surface area contributed by atoms with Crippen LogP contribution in [0.2, 0.25) is 0 Å². The number of hydrogen-bond donors (Lipinski definition) is 1. The summed E-state index contributed by atoms with van der Waals surface area (Å²) < 4.78 is 17.8. The van der Waals surface area contributed by atoms with E-state index >= 15 is 0 Å². The van der Waals surface area contributed by atoms with E-state index < -0.39 is 0 Å². The number of nitrogens with one attached hydrogen (secondary N) is 1. The van der Waals surface area contributed by atoms with Gasteiger partial charge in [-0.1, -0.05) is 19.1 Å². The first-order valence-corrected chi connectivity index (χ1v) is 10.6. The van der Waals surface area contributed by atoms with Crippen LogP contribution in [-0.2, 0) is 25.4 Å². The fourth-order valence-electron chi connectivity index (χ4n) is 2.83. The van der Waals surface area contributed by atoms with Gasteiger partial charge < -0.3 is 19.5 Å². The van der Waals surface area contributed by atoms with Gasteiger partial charge in [0.15, 0.2) is 5.78 Å². The lowest BCUT2D eigenvalue weighted by Crippen LogP contribution is -2.27. The van der Waals surface area contributed by atoms with Gasteiger partial charge >= 0.3 is 0 Å². The molecule has 0 aliphatic rings. The first-order valence-electron chi connectivity index (χ1n) is 10.6. The van der Waals surface area contributed by atoms with E-state index in [1.165, 1.54) is 12.5 Å². The third-order valence-corrected chi connectivity index (χ3v) is 4.70. The lowest BCUT2D eigenvalue weighted by atomic mass is 10.1. The number of hydrogen-bond acceptors (Lipinski definition) is 6. The van der Waals surface area contributed by atoms with Crippen LogP contribution in [0.3, 0.4) is 0 Å². The number of aromatic nitrogens is 2. The minimum absolute atomic E-state index is 0.00406. The first-order chi connectivity index (χ1) is 15.0. The Morgan fingerprint density at radius 2 is 1.68 bits per heavy atom. The minimum Gasteiger partial charge on any atom is -0.377 e. The molecule has 1 atom stereocenters. The van der Waals surface area contributed by atoms with E-state index in [2.05, 4.69) is 30.5 Å². The Hall–Kier alpha value is -2.55. The summed E-state index contributed by atoms with van der Waals surface area (Å²) in [6.45, 7) is 8.29. The third-order valence-electron chi connectivity index (χ3n) is 4.70. The molecule has 1 aromatic carbocycles. The monoisotopic (exact) mass is 431 g/mol. The molecule has 2 rings (SSSR count). The van der Waals surface area contributed by atoms with Gasteiger partial charge in [0.25, 0.3) is 5.91 Å². The highest BCUT2D eigenvalue weighted by molar-refractivity contribution is 5.94. The Morgan fingerprint density at radius 1 is 1.03 bits per heavy atom. The highest BCUT2D eigenvalue weighted by atomic mass is 16.5. The number of rotatable bonds is 15. The van der Waals surface area contributed by atoms with Crippen molar-refractivity contribution in [1.29, 1.82) is 0 Å². The second kappa shape index (κ2) is 13.7. The Balaban J connectivity index is 1.59. The summed E-state index contributed by atoms with van der Waals surface area (Å²) in [4.78, 5) is 23.0. The van der Waals surface area contributed by atoms with Crippen molar-refractivity contribution < 1.29 is 23.8 Å². The van der Waals surface area contributed by atoms with E-state index in [1.54, 1.807) is 0 Å². The van der Waals surface area contributed by atoms with Crippen molar-refractivity contribution in [3.8, 4) is 0 Å². The van der Waals surface area contributed by atoms with Gasteiger partial charge in [0.05, 0.1) is 45.3 Å². The number of Topliss-reactive ketones (excluding diaryl/α,β-unsaturated/α-hetero) is 1. The fraction of sp³-hybridized carbons (Fsp3) is 0.522. The maximum atomic E-state index is 12.3. The Bertz CT molecular complexity index is 804. The number of amides is 1. The zero-order valence-corrected chi connectivity index (χ0v) is 18.6. The van der Waals surface area contributed by atoms with Crippen LogP contribution in [0.1, 0.15) is 48.3 Å². The lowest BCUT2D eigenvalue weighted by Gasteiger charge is -2.13. The largest absolute Gasteiger partial charge is 0.377 e. The summed E-state index contributed by atoms with van der Waals surface area (Å²) in [5.41, 5.74) is 2.91. The number of carbonyl (C=O) groups is 2. The van der Waals surface area contributed by atoms with Crippen molar-refractivity contribution >= 4 is 11.7 Å². The van der Waals surface area contributed by atoms with Crippen LogP contribution in [0.4, 0.5) is 0 Å². The SMILES string of the molecule is CCc1cnn(C(C)c2ccc(C(=O)NCCOCCOCCOCC(C)=O)cc2)c1. The average Bonchev–Trinajstić information content (AvgIpc) is 3.26. The molecule has 0 bridgehead atoms. The number of benzene rings is 1. The standard InChI is InChI=1S/C23H33N3O5/c1-4-20-15-25-26(16-20)19(3)21-5-7-22(8-6-21)23(28)24-9-10-29-11-12-30-13-14-31-17-18(2)27/h5-8,15-16,19H,4,9-14,17H2,1-3H3,(H,24,28). The number of carbonyl (C=O) groups excluding carboxylic acids is 2. The maximum Gasteiger partial charge on any atom is 0.251 e. The molecule has 1 unspecified atom stereocenters. The third kappa shape index (κ3) is 9.00. The molecule has 0 fully saturated rings. The van der Waals surface area contributed by atoms with Gasteiger partial charge in [-0.15, -0.1) is 0 Å². The summed E-state index contributed by atoms with van der Waals surface area (Å²) in [6.07, 6.45) is 4.90. The normalized spacial score (nSPS) is 12.0. The minimum atomic E-state index is -0.131. The molecule has 31 heavy (non-hydrogen) atoms. The second-order valence-electron chi connectivity index (χ2n) is 7.22. The van der Waals surface area contributed by atoms with Crippen molar-refractivity contribution in [3.63, 3.8) is 0 Å². The highest BCUT2D eigenvalue weighted by Crippen LogP contribution is 2.18. The summed E-state index contributed by atoms with van der Waals surface area (Å²) in [5, 5.41) is 7.26. The first kappa shape index (κ1) is 24.7. The van der Waals surface area contributed by atoms with Crippen molar-refractivity contribution in [2.24, 2.45) is 0 Å². The van der Waals surface area contributed by atoms with Gasteiger partial charge in [0.1, 0.15) is 6.61 Å². The maximum absolute atomic E-state index is 12.3. The average molecular weight is 432 g/mol. The molecule has 1 heterocycles. The fourth-order valence-corrected chi connectivity index (χ4v) is 2.83. The summed E-state index contributed by atoms with van der Waals surface area (Å²) in [7, 11) is 0. The van der Waals surface area contributed by atoms with Crippen molar-refractivity contribution in [1.82, 2.24) is 15.1 Å². The second-order valence-corrected chi connectivity index (χ2v) is 7.22. The van der Waals surface area contributed by atoms with Gasteiger partial charge in [-0.25, -0.2) is 0 Å². The van der Waals surface area contributed by atoms with Gasteiger partial charge in [0.2, 0.25) is 0 Å². The van der Waals surface area contributed by atoms with Crippen LogP contribution in [0.5, 0.6) is 0 Å². The molecule has 2 aromatic rings. The van der Waals surface area contributed by atoms with Crippen LogP contribution in [-0.4, -0.2) is 67.7 Å². The predicted octanol–water partition coefficient (Wildman–Crippen LogP) is 2.42. The smallest absolute Gasteiger partial charge is 0.251 e. The summed E-state index contributed by atoms with van der Waals surface area (Å²) in [6, 6.07) is 7.68. The van der Waals surface area contributed by atoms with E-state index in [-0.39, 0.29) is 24.3 Å². The predicted molar refractivity (Wildman–Crippen MR) is 117 cm³/mol. The molecule has 0 spiro atoms. The van der Waals surface area contributed by atoms with Crippen LogP contribution in [0.25, 0.3) is 0 Å². The molecule has 1 aromatic heterocycles. The molecule has 1 amide bonds. The molecule has 0 radical (unpaired) electrons. The molecule has 0 aliphatic carbocycles. The lowest BCUT2D eigenvalue weighted by molar-refractivity contribution is -0.122. The van der Waals surface area contributed by atoms with E-state index in [0.29, 0.717) is 45.1 Å². The summed E-state index contributed by atoms with van der Waals surface area (Å²) >= 11 is 0. The molecule has 0 aliphatic heterocycles. The molecule has 0 saturated heterocycles. The van der Waals surface area contributed by atoms with E-state index in [0.717, 1.165) is 12.0 Å². The summed E-state index contributed by atoms with van der Waals surface area (Å²) in [5.74, 6) is -0.135. The zero-order valence-electron chi connectivity index (χ0n) is 18.6. The van der Waals surface area contributed by atoms with Gasteiger partial charge in [-0.2, -0.15) is 5.10 Å². The van der Waals surface area contributed by atoms with E-state index in [4.69, 9.17) is 14.2 Å². The Kier molecular flexibility index (Phi) is 10.9. The van der Waals surface area contributed by atoms with Crippen molar-refractivity contribution in [3.05, 3.63) is 53.3 Å². The number of ketones is 1. The molecule has 0 saturated carbocycles. The molecule has 1 N–H and O–H groups in total. The quantitative estimate of drug-likeness (QED) is 0.436.